The van der Waals surface area contributed by atoms with E-state index >= 15 is 0 Å². The molecule has 0 bridgehead atoms. The van der Waals surface area contributed by atoms with Crippen molar-refractivity contribution in [3.63, 3.8) is 0 Å². The fraction of sp³-hybridized carbons (Fsp3) is 0.500. The van der Waals surface area contributed by atoms with Crippen molar-refractivity contribution in [2.45, 2.75) is 13.0 Å². The van der Waals surface area contributed by atoms with Gasteiger partial charge in [0.15, 0.2) is 18.1 Å². The van der Waals surface area contributed by atoms with Gasteiger partial charge in [0.2, 0.25) is 6.79 Å². The van der Waals surface area contributed by atoms with E-state index in [1.54, 1.807) is 23.1 Å². The zero-order chi connectivity index (χ0) is 13.9. The van der Waals surface area contributed by atoms with Gasteiger partial charge in [0.25, 0.3) is 5.91 Å². The molecule has 0 unspecified atom stereocenters. The van der Waals surface area contributed by atoms with Crippen molar-refractivity contribution in [3.8, 4) is 17.2 Å². The molecule has 1 aromatic carbocycles. The first-order chi connectivity index (χ1) is 9.72. The van der Waals surface area contributed by atoms with Crippen molar-refractivity contribution in [1.29, 1.82) is 0 Å². The monoisotopic (exact) mass is 279 g/mol. The van der Waals surface area contributed by atoms with Crippen LogP contribution in [0.5, 0.6) is 17.2 Å². The molecule has 0 aromatic heterocycles. The molecule has 1 amide bonds. The van der Waals surface area contributed by atoms with Gasteiger partial charge in [0, 0.05) is 19.2 Å². The first-order valence-corrected chi connectivity index (χ1v) is 6.64. The number of hydrogen-bond donors (Lipinski definition) is 0. The van der Waals surface area contributed by atoms with Gasteiger partial charge >= 0.3 is 0 Å². The molecule has 0 saturated carbocycles. The molecule has 108 valence electrons. The summed E-state index contributed by atoms with van der Waals surface area (Å²) in [6.45, 7) is 4.02. The van der Waals surface area contributed by atoms with Gasteiger partial charge in [-0.15, -0.1) is 0 Å². The number of carbonyl (C=O) groups excluding carboxylic acids is 1. The fourth-order valence-corrected chi connectivity index (χ4v) is 2.25. The Hall–Kier alpha value is -1.95. The van der Waals surface area contributed by atoms with Crippen molar-refractivity contribution in [3.05, 3.63) is 18.2 Å². The predicted octanol–water partition coefficient (Wildman–Crippen LogP) is 1.04. The van der Waals surface area contributed by atoms with Crippen LogP contribution in [0.1, 0.15) is 6.92 Å². The molecule has 6 nitrogen and oxygen atoms in total. The second-order valence-corrected chi connectivity index (χ2v) is 4.82. The van der Waals surface area contributed by atoms with Crippen molar-refractivity contribution in [2.24, 2.45) is 0 Å². The van der Waals surface area contributed by atoms with E-state index in [4.69, 9.17) is 18.9 Å². The SMILES string of the molecule is C[C@H]1CN(C(=O)COc2ccc3c(c2)OCO3)CCO1. The smallest absolute Gasteiger partial charge is 0.260 e. The van der Waals surface area contributed by atoms with Crippen LogP contribution in [0.2, 0.25) is 0 Å². The Morgan fingerprint density at radius 3 is 3.10 bits per heavy atom. The maximum Gasteiger partial charge on any atom is 0.260 e. The number of ether oxygens (including phenoxy) is 4. The molecule has 3 rings (SSSR count). The van der Waals surface area contributed by atoms with Crippen molar-refractivity contribution in [1.82, 2.24) is 4.90 Å². The largest absolute Gasteiger partial charge is 0.484 e. The van der Waals surface area contributed by atoms with Gasteiger partial charge in [-0.05, 0) is 19.1 Å². The molecule has 6 heteroatoms. The van der Waals surface area contributed by atoms with Crippen molar-refractivity contribution in [2.75, 3.05) is 33.1 Å². The topological polar surface area (TPSA) is 57.2 Å². The van der Waals surface area contributed by atoms with Gasteiger partial charge in [-0.3, -0.25) is 4.79 Å². The van der Waals surface area contributed by atoms with Crippen LogP contribution < -0.4 is 14.2 Å². The van der Waals surface area contributed by atoms with Gasteiger partial charge in [-0.25, -0.2) is 0 Å². The van der Waals surface area contributed by atoms with E-state index in [9.17, 15) is 4.79 Å². The molecule has 1 fully saturated rings. The van der Waals surface area contributed by atoms with Crippen LogP contribution in [0.25, 0.3) is 0 Å². The highest BCUT2D eigenvalue weighted by molar-refractivity contribution is 5.78. The second kappa shape index (κ2) is 5.58. The maximum atomic E-state index is 12.0. The summed E-state index contributed by atoms with van der Waals surface area (Å²) in [7, 11) is 0. The van der Waals surface area contributed by atoms with E-state index in [1.165, 1.54) is 0 Å². The molecule has 20 heavy (non-hydrogen) atoms. The van der Waals surface area contributed by atoms with E-state index in [0.717, 1.165) is 0 Å². The number of carbonyl (C=O) groups is 1. The molecule has 2 heterocycles. The number of hydrogen-bond acceptors (Lipinski definition) is 5. The summed E-state index contributed by atoms with van der Waals surface area (Å²) in [5, 5.41) is 0. The average molecular weight is 279 g/mol. The molecule has 1 atom stereocenters. The molecule has 0 radical (unpaired) electrons. The minimum atomic E-state index is -0.0298. The number of benzene rings is 1. The number of amides is 1. The van der Waals surface area contributed by atoms with Gasteiger partial charge < -0.3 is 23.8 Å². The Morgan fingerprint density at radius 2 is 2.25 bits per heavy atom. The van der Waals surface area contributed by atoms with Gasteiger partial charge in [-0.2, -0.15) is 0 Å². The first-order valence-electron chi connectivity index (χ1n) is 6.64. The lowest BCUT2D eigenvalue weighted by molar-refractivity contribution is -0.140. The Kier molecular flexibility index (Phi) is 3.64. The second-order valence-electron chi connectivity index (χ2n) is 4.82. The van der Waals surface area contributed by atoms with E-state index in [1.807, 2.05) is 6.92 Å². The van der Waals surface area contributed by atoms with E-state index in [-0.39, 0.29) is 25.4 Å². The van der Waals surface area contributed by atoms with Crippen molar-refractivity contribution >= 4 is 5.91 Å². The molecule has 0 spiro atoms. The summed E-state index contributed by atoms with van der Waals surface area (Å²) < 4.78 is 21.4. The summed E-state index contributed by atoms with van der Waals surface area (Å²) in [5.41, 5.74) is 0. The van der Waals surface area contributed by atoms with Crippen LogP contribution in [0.4, 0.5) is 0 Å². The number of morpholine rings is 1. The van der Waals surface area contributed by atoms with Crippen molar-refractivity contribution < 1.29 is 23.7 Å². The minimum Gasteiger partial charge on any atom is -0.484 e. The summed E-state index contributed by atoms with van der Waals surface area (Å²) in [5.74, 6) is 1.92. The third kappa shape index (κ3) is 2.80. The highest BCUT2D eigenvalue weighted by Crippen LogP contribution is 2.35. The molecule has 2 aliphatic rings. The molecule has 2 aliphatic heterocycles. The van der Waals surface area contributed by atoms with Gasteiger partial charge in [0.1, 0.15) is 5.75 Å². The van der Waals surface area contributed by atoms with E-state index < -0.39 is 0 Å². The average Bonchev–Trinajstić information content (AvgIpc) is 2.92. The first kappa shape index (κ1) is 13.1. The summed E-state index contributed by atoms with van der Waals surface area (Å²) in [4.78, 5) is 13.8. The zero-order valence-electron chi connectivity index (χ0n) is 11.3. The summed E-state index contributed by atoms with van der Waals surface area (Å²) in [6, 6.07) is 5.28. The zero-order valence-corrected chi connectivity index (χ0v) is 11.3. The molecule has 0 N–H and O–H groups in total. The van der Waals surface area contributed by atoms with E-state index in [0.29, 0.717) is 36.9 Å². The van der Waals surface area contributed by atoms with Crippen LogP contribution in [0.3, 0.4) is 0 Å². The van der Waals surface area contributed by atoms with Crippen LogP contribution in [-0.2, 0) is 9.53 Å². The molecular formula is C14H17NO5. The standard InChI is InChI=1S/C14H17NO5/c1-10-7-15(4-5-17-10)14(16)8-18-11-2-3-12-13(6-11)20-9-19-12/h2-3,6,10H,4-5,7-9H2,1H3/t10-/m0/s1. The van der Waals surface area contributed by atoms with Crippen LogP contribution in [0.15, 0.2) is 18.2 Å². The highest BCUT2D eigenvalue weighted by atomic mass is 16.7. The fourth-order valence-electron chi connectivity index (χ4n) is 2.25. The van der Waals surface area contributed by atoms with Gasteiger partial charge in [0.05, 0.1) is 12.7 Å². The lowest BCUT2D eigenvalue weighted by atomic mass is 10.3. The summed E-state index contributed by atoms with van der Waals surface area (Å²) in [6.07, 6.45) is 0.0817. The highest BCUT2D eigenvalue weighted by Gasteiger charge is 2.22. The van der Waals surface area contributed by atoms with Crippen LogP contribution in [0, 0.1) is 0 Å². The minimum absolute atomic E-state index is 0.0202. The Bertz CT molecular complexity index is 504. The van der Waals surface area contributed by atoms with Gasteiger partial charge in [-0.1, -0.05) is 0 Å². The number of nitrogens with zero attached hydrogens (tertiary/aromatic N) is 1. The Balaban J connectivity index is 1.55. The normalized spacial score (nSPS) is 20.9. The molecule has 1 saturated heterocycles. The number of rotatable bonds is 3. The molecule has 0 aliphatic carbocycles. The quantitative estimate of drug-likeness (QED) is 0.827. The Morgan fingerprint density at radius 1 is 1.40 bits per heavy atom. The molecular weight excluding hydrogens is 262 g/mol. The summed E-state index contributed by atoms with van der Waals surface area (Å²) >= 11 is 0. The van der Waals surface area contributed by atoms with Crippen LogP contribution >= 0.6 is 0 Å². The molecule has 1 aromatic rings. The maximum absolute atomic E-state index is 12.0. The lowest BCUT2D eigenvalue weighted by Crippen LogP contribution is -2.46. The Labute approximate surface area is 117 Å². The predicted molar refractivity (Wildman–Crippen MR) is 70.1 cm³/mol. The van der Waals surface area contributed by atoms with E-state index in [2.05, 4.69) is 0 Å². The lowest BCUT2D eigenvalue weighted by Gasteiger charge is -2.31. The third-order valence-corrected chi connectivity index (χ3v) is 3.30. The third-order valence-electron chi connectivity index (χ3n) is 3.30. The van der Waals surface area contributed by atoms with Crippen LogP contribution in [-0.4, -0.2) is 50.0 Å². The number of fused-ring (bicyclic) bond motifs is 1.